The van der Waals surface area contributed by atoms with Crippen molar-refractivity contribution in [2.75, 3.05) is 32.7 Å². The molecule has 3 rings (SSSR count). The van der Waals surface area contributed by atoms with Gasteiger partial charge < -0.3 is 15.1 Å². The van der Waals surface area contributed by atoms with E-state index in [4.69, 9.17) is 0 Å². The van der Waals surface area contributed by atoms with Crippen molar-refractivity contribution in [2.45, 2.75) is 25.3 Å². The summed E-state index contributed by atoms with van der Waals surface area (Å²) in [6.45, 7) is 3.49. The number of hydrogen-bond donors (Lipinski definition) is 1. The van der Waals surface area contributed by atoms with Crippen molar-refractivity contribution >= 4 is 35.6 Å². The number of thiophene rings is 1. The minimum absolute atomic E-state index is 0. The van der Waals surface area contributed by atoms with Crippen LogP contribution >= 0.6 is 23.7 Å². The van der Waals surface area contributed by atoms with E-state index < -0.39 is 0 Å². The molecule has 0 spiro atoms. The van der Waals surface area contributed by atoms with Crippen LogP contribution in [0.1, 0.15) is 29.6 Å². The Hall–Kier alpha value is -1.11. The van der Waals surface area contributed by atoms with Crippen LogP contribution in [0.25, 0.3) is 0 Å². The highest BCUT2D eigenvalue weighted by molar-refractivity contribution is 7.08. The van der Waals surface area contributed by atoms with Crippen LogP contribution in [0.4, 0.5) is 0 Å². The first-order chi connectivity index (χ1) is 10.3. The fourth-order valence-corrected chi connectivity index (χ4v) is 3.61. The van der Waals surface area contributed by atoms with Gasteiger partial charge in [-0.25, -0.2) is 0 Å². The lowest BCUT2D eigenvalue weighted by Crippen LogP contribution is -2.55. The van der Waals surface area contributed by atoms with Crippen LogP contribution in [0.5, 0.6) is 0 Å². The zero-order valence-electron chi connectivity index (χ0n) is 12.5. The number of nitrogens with one attached hydrogen (secondary N) is 1. The number of piperazine rings is 1. The van der Waals surface area contributed by atoms with Crippen molar-refractivity contribution in [3.63, 3.8) is 0 Å². The van der Waals surface area contributed by atoms with E-state index in [0.717, 1.165) is 31.4 Å². The number of piperidine rings is 1. The maximum atomic E-state index is 12.4. The van der Waals surface area contributed by atoms with Gasteiger partial charge >= 0.3 is 0 Å². The van der Waals surface area contributed by atoms with E-state index >= 15 is 0 Å². The Morgan fingerprint density at radius 2 is 1.86 bits per heavy atom. The molecule has 0 aliphatic carbocycles. The van der Waals surface area contributed by atoms with Gasteiger partial charge in [0.2, 0.25) is 5.91 Å². The molecule has 2 fully saturated rings. The molecule has 0 unspecified atom stereocenters. The lowest BCUT2D eigenvalue weighted by atomic mass is 10.0. The van der Waals surface area contributed by atoms with Crippen molar-refractivity contribution in [2.24, 2.45) is 0 Å². The smallest absolute Gasteiger partial charge is 0.254 e. The molecule has 7 heteroatoms. The summed E-state index contributed by atoms with van der Waals surface area (Å²) < 4.78 is 0. The van der Waals surface area contributed by atoms with Crippen LogP contribution in [0, 0.1) is 0 Å². The molecular weight excluding hydrogens is 322 g/mol. The minimum Gasteiger partial charge on any atom is -0.338 e. The Balaban J connectivity index is 0.00000176. The van der Waals surface area contributed by atoms with Gasteiger partial charge in [-0.1, -0.05) is 6.42 Å². The number of rotatable bonds is 2. The van der Waals surface area contributed by atoms with Crippen molar-refractivity contribution < 1.29 is 9.59 Å². The molecule has 2 aliphatic rings. The van der Waals surface area contributed by atoms with Gasteiger partial charge in [0.15, 0.2) is 0 Å². The number of hydrogen-bond acceptors (Lipinski definition) is 4. The Morgan fingerprint density at radius 3 is 2.45 bits per heavy atom. The topological polar surface area (TPSA) is 52.7 Å². The summed E-state index contributed by atoms with van der Waals surface area (Å²) in [5, 5.41) is 7.10. The molecule has 1 atom stereocenters. The quantitative estimate of drug-likeness (QED) is 0.887. The molecule has 1 aromatic heterocycles. The maximum Gasteiger partial charge on any atom is 0.254 e. The van der Waals surface area contributed by atoms with Gasteiger partial charge in [-0.2, -0.15) is 11.3 Å². The SMILES string of the molecule is Cl.O=C(c1ccsc1)N1CCN(C(=O)[C@@H]2CCCCN2)CC1. The minimum atomic E-state index is -0.0159. The summed E-state index contributed by atoms with van der Waals surface area (Å²) in [6.07, 6.45) is 3.22. The van der Waals surface area contributed by atoms with Crippen molar-refractivity contribution in [1.82, 2.24) is 15.1 Å². The molecule has 0 radical (unpaired) electrons. The van der Waals surface area contributed by atoms with E-state index in [-0.39, 0.29) is 30.3 Å². The predicted molar refractivity (Wildman–Crippen MR) is 89.7 cm³/mol. The van der Waals surface area contributed by atoms with Crippen molar-refractivity contribution in [3.8, 4) is 0 Å². The first-order valence-electron chi connectivity index (χ1n) is 7.59. The molecule has 2 aliphatic heterocycles. The zero-order chi connectivity index (χ0) is 14.7. The Bertz CT molecular complexity index is 495. The maximum absolute atomic E-state index is 12.4. The summed E-state index contributed by atoms with van der Waals surface area (Å²) >= 11 is 1.54. The fraction of sp³-hybridized carbons (Fsp3) is 0.600. The van der Waals surface area contributed by atoms with Gasteiger partial charge in [-0.15, -0.1) is 12.4 Å². The number of halogens is 1. The van der Waals surface area contributed by atoms with E-state index in [9.17, 15) is 9.59 Å². The van der Waals surface area contributed by atoms with Gasteiger partial charge in [-0.05, 0) is 30.8 Å². The fourth-order valence-electron chi connectivity index (χ4n) is 2.98. The molecule has 5 nitrogen and oxygen atoms in total. The molecule has 0 saturated carbocycles. The van der Waals surface area contributed by atoms with Crippen molar-refractivity contribution in [3.05, 3.63) is 22.4 Å². The molecule has 1 aromatic rings. The molecule has 0 aromatic carbocycles. The lowest BCUT2D eigenvalue weighted by molar-refractivity contribution is -0.135. The monoisotopic (exact) mass is 343 g/mol. The van der Waals surface area contributed by atoms with Gasteiger partial charge in [0.1, 0.15) is 0 Å². The average Bonchev–Trinajstić information content (AvgIpc) is 3.09. The van der Waals surface area contributed by atoms with Gasteiger partial charge in [-0.3, -0.25) is 9.59 Å². The van der Waals surface area contributed by atoms with E-state index in [1.807, 2.05) is 26.6 Å². The lowest BCUT2D eigenvalue weighted by Gasteiger charge is -2.37. The van der Waals surface area contributed by atoms with Gasteiger partial charge in [0.25, 0.3) is 5.91 Å². The van der Waals surface area contributed by atoms with E-state index in [0.29, 0.717) is 26.2 Å². The second-order valence-electron chi connectivity index (χ2n) is 5.63. The highest BCUT2D eigenvalue weighted by Crippen LogP contribution is 2.14. The van der Waals surface area contributed by atoms with Crippen LogP contribution in [-0.2, 0) is 4.79 Å². The number of amides is 2. The van der Waals surface area contributed by atoms with Crippen LogP contribution in [0.2, 0.25) is 0 Å². The van der Waals surface area contributed by atoms with E-state index in [1.54, 1.807) is 0 Å². The number of carbonyl (C=O) groups excluding carboxylic acids is 2. The largest absolute Gasteiger partial charge is 0.338 e. The number of nitrogens with zero attached hydrogens (tertiary/aromatic N) is 2. The molecule has 2 amide bonds. The first-order valence-corrected chi connectivity index (χ1v) is 8.53. The molecule has 1 N–H and O–H groups in total. The Labute approximate surface area is 141 Å². The van der Waals surface area contributed by atoms with Gasteiger partial charge in [0.05, 0.1) is 11.6 Å². The highest BCUT2D eigenvalue weighted by Gasteiger charge is 2.29. The van der Waals surface area contributed by atoms with Crippen molar-refractivity contribution in [1.29, 1.82) is 0 Å². The first kappa shape index (κ1) is 17.2. The third-order valence-corrected chi connectivity index (χ3v) is 4.94. The van der Waals surface area contributed by atoms with Crippen LogP contribution in [0.15, 0.2) is 16.8 Å². The van der Waals surface area contributed by atoms with Gasteiger partial charge in [0, 0.05) is 31.6 Å². The van der Waals surface area contributed by atoms with Crippen LogP contribution in [0.3, 0.4) is 0 Å². The normalized spacial score (nSPS) is 22.1. The standard InChI is InChI=1S/C15H21N3O2S.ClH/c19-14(12-4-10-21-11-12)17-6-8-18(9-7-17)15(20)13-3-1-2-5-16-13;/h4,10-11,13,16H,1-3,5-9H2;1H/t13-;/m0./s1. The Kier molecular flexibility index (Phi) is 6.23. The molecule has 0 bridgehead atoms. The van der Waals surface area contributed by atoms with E-state index in [2.05, 4.69) is 5.32 Å². The molecule has 122 valence electrons. The second kappa shape index (κ2) is 7.94. The Morgan fingerprint density at radius 1 is 1.14 bits per heavy atom. The predicted octanol–water partition coefficient (Wildman–Crippen LogP) is 1.60. The molecule has 3 heterocycles. The second-order valence-corrected chi connectivity index (χ2v) is 6.41. The summed E-state index contributed by atoms with van der Waals surface area (Å²) in [5.74, 6) is 0.288. The van der Waals surface area contributed by atoms with Crippen LogP contribution in [-0.4, -0.2) is 60.4 Å². The summed E-state index contributed by atoms with van der Waals surface area (Å²) in [6, 6.07) is 1.84. The van der Waals surface area contributed by atoms with E-state index in [1.165, 1.54) is 11.3 Å². The molecule has 2 saturated heterocycles. The molecule has 22 heavy (non-hydrogen) atoms. The summed E-state index contributed by atoms with van der Waals surface area (Å²) in [4.78, 5) is 28.4. The number of carbonyl (C=O) groups is 2. The zero-order valence-corrected chi connectivity index (χ0v) is 14.1. The molecular formula is C15H22ClN3O2S. The average molecular weight is 344 g/mol. The summed E-state index contributed by atoms with van der Waals surface area (Å²) in [7, 11) is 0. The third kappa shape index (κ3) is 3.80. The highest BCUT2D eigenvalue weighted by atomic mass is 35.5. The van der Waals surface area contributed by atoms with Crippen LogP contribution < -0.4 is 5.32 Å². The summed E-state index contributed by atoms with van der Waals surface area (Å²) in [5.41, 5.74) is 0.758. The third-order valence-electron chi connectivity index (χ3n) is 4.26.